The molecule has 5 heteroatoms. The van der Waals surface area contributed by atoms with E-state index >= 15 is 0 Å². The number of halogens is 1. The van der Waals surface area contributed by atoms with E-state index in [9.17, 15) is 4.79 Å². The highest BCUT2D eigenvalue weighted by atomic mass is 35.5. The van der Waals surface area contributed by atoms with Gasteiger partial charge in [-0.25, -0.2) is 0 Å². The van der Waals surface area contributed by atoms with Gasteiger partial charge in [0.2, 0.25) is 0 Å². The Bertz CT molecular complexity index is 721. The molecule has 0 aliphatic carbocycles. The minimum atomic E-state index is -0.209. The lowest BCUT2D eigenvalue weighted by atomic mass is 9.87. The van der Waals surface area contributed by atoms with E-state index in [4.69, 9.17) is 21.1 Å². The van der Waals surface area contributed by atoms with E-state index < -0.39 is 0 Å². The van der Waals surface area contributed by atoms with E-state index in [0.717, 1.165) is 0 Å². The molecule has 0 saturated heterocycles. The van der Waals surface area contributed by atoms with Gasteiger partial charge in [0.05, 0.1) is 12.3 Å². The average molecular weight is 362 g/mol. The minimum Gasteiger partial charge on any atom is -0.489 e. The molecule has 0 fully saturated rings. The van der Waals surface area contributed by atoms with Crippen LogP contribution in [-0.2, 0) is 10.2 Å². The average Bonchev–Trinajstić information content (AvgIpc) is 2.56. The van der Waals surface area contributed by atoms with Crippen molar-refractivity contribution in [2.45, 2.75) is 26.2 Å². The second-order valence-corrected chi connectivity index (χ2v) is 7.20. The van der Waals surface area contributed by atoms with Gasteiger partial charge in [-0.1, -0.05) is 44.5 Å². The molecule has 0 aliphatic heterocycles. The first kappa shape index (κ1) is 19.3. The van der Waals surface area contributed by atoms with Crippen LogP contribution in [0, 0.1) is 0 Å². The van der Waals surface area contributed by atoms with Gasteiger partial charge >= 0.3 is 0 Å². The normalized spacial score (nSPS) is 11.2. The minimum absolute atomic E-state index is 0.0460. The molecule has 0 heterocycles. The Morgan fingerprint density at radius 1 is 1.08 bits per heavy atom. The maximum Gasteiger partial charge on any atom is 0.255 e. The topological polar surface area (TPSA) is 47.6 Å². The second kappa shape index (κ2) is 8.37. The van der Waals surface area contributed by atoms with Crippen LogP contribution in [0.5, 0.6) is 5.75 Å². The van der Waals surface area contributed by atoms with Gasteiger partial charge in [0, 0.05) is 17.7 Å². The number of amides is 1. The Morgan fingerprint density at radius 2 is 1.76 bits per heavy atom. The number of rotatable bonds is 6. The van der Waals surface area contributed by atoms with E-state index in [1.54, 1.807) is 25.3 Å². The summed E-state index contributed by atoms with van der Waals surface area (Å²) >= 11 is 6.05. The Balaban J connectivity index is 2.15. The van der Waals surface area contributed by atoms with Crippen LogP contribution in [0.1, 0.15) is 36.7 Å². The first-order chi connectivity index (χ1) is 11.8. The van der Waals surface area contributed by atoms with Crippen LogP contribution in [0.15, 0.2) is 42.5 Å². The zero-order valence-electron chi connectivity index (χ0n) is 15.1. The lowest BCUT2D eigenvalue weighted by molar-refractivity contribution is 0.102. The Morgan fingerprint density at radius 3 is 2.36 bits per heavy atom. The van der Waals surface area contributed by atoms with Crippen LogP contribution in [0.3, 0.4) is 0 Å². The number of ether oxygens (including phenoxy) is 2. The molecule has 0 saturated carbocycles. The van der Waals surface area contributed by atoms with E-state index in [1.807, 2.05) is 24.3 Å². The van der Waals surface area contributed by atoms with Crippen LogP contribution < -0.4 is 10.1 Å². The zero-order chi connectivity index (χ0) is 18.4. The fourth-order valence-corrected chi connectivity index (χ4v) is 2.45. The summed E-state index contributed by atoms with van der Waals surface area (Å²) in [4.78, 5) is 12.5. The lowest BCUT2D eigenvalue weighted by Crippen LogP contribution is -2.15. The molecule has 2 rings (SSSR count). The van der Waals surface area contributed by atoms with Gasteiger partial charge in [0.25, 0.3) is 5.91 Å². The fraction of sp³-hybridized carbons (Fsp3) is 0.350. The molecule has 0 atom stereocenters. The highest BCUT2D eigenvalue weighted by Gasteiger charge is 2.15. The maximum absolute atomic E-state index is 12.5. The van der Waals surface area contributed by atoms with Gasteiger partial charge in [0.15, 0.2) is 0 Å². The molecular formula is C20H24ClNO3. The SMILES string of the molecule is COCCOc1ccc(Cl)cc1NC(=O)c1ccc(C(C)(C)C)cc1. The van der Waals surface area contributed by atoms with Crippen molar-refractivity contribution < 1.29 is 14.3 Å². The van der Waals surface area contributed by atoms with Crippen LogP contribution in [0.2, 0.25) is 5.02 Å². The number of methoxy groups -OCH3 is 1. The van der Waals surface area contributed by atoms with Crippen LogP contribution in [0.25, 0.3) is 0 Å². The Kier molecular flexibility index (Phi) is 6.45. The summed E-state index contributed by atoms with van der Waals surface area (Å²) in [6, 6.07) is 12.7. The third-order valence-electron chi connectivity index (χ3n) is 3.75. The van der Waals surface area contributed by atoms with E-state index in [-0.39, 0.29) is 11.3 Å². The number of carbonyl (C=O) groups is 1. The van der Waals surface area contributed by atoms with Gasteiger partial charge in [-0.2, -0.15) is 0 Å². The largest absolute Gasteiger partial charge is 0.489 e. The molecule has 0 unspecified atom stereocenters. The molecule has 0 radical (unpaired) electrons. The number of hydrogen-bond acceptors (Lipinski definition) is 3. The van der Waals surface area contributed by atoms with Gasteiger partial charge in [-0.05, 0) is 41.3 Å². The predicted molar refractivity (Wildman–Crippen MR) is 102 cm³/mol. The molecule has 2 aromatic carbocycles. The van der Waals surface area contributed by atoms with Crippen molar-refractivity contribution in [1.29, 1.82) is 0 Å². The summed E-state index contributed by atoms with van der Waals surface area (Å²) in [5.74, 6) is 0.348. The fourth-order valence-electron chi connectivity index (χ4n) is 2.28. The summed E-state index contributed by atoms with van der Waals surface area (Å²) in [6.45, 7) is 7.26. The molecule has 0 aromatic heterocycles. The molecule has 1 N–H and O–H groups in total. The van der Waals surface area contributed by atoms with E-state index in [0.29, 0.717) is 35.2 Å². The molecule has 4 nitrogen and oxygen atoms in total. The number of carbonyl (C=O) groups excluding carboxylic acids is 1. The smallest absolute Gasteiger partial charge is 0.255 e. The molecule has 0 aliphatic rings. The molecule has 134 valence electrons. The highest BCUT2D eigenvalue weighted by Crippen LogP contribution is 2.29. The summed E-state index contributed by atoms with van der Waals surface area (Å²) in [5, 5.41) is 3.39. The summed E-state index contributed by atoms with van der Waals surface area (Å²) in [5.41, 5.74) is 2.34. The molecule has 25 heavy (non-hydrogen) atoms. The first-order valence-electron chi connectivity index (χ1n) is 8.14. The zero-order valence-corrected chi connectivity index (χ0v) is 15.8. The van der Waals surface area contributed by atoms with Gasteiger partial charge in [-0.15, -0.1) is 0 Å². The molecule has 2 aromatic rings. The number of anilines is 1. The van der Waals surface area contributed by atoms with Crippen molar-refractivity contribution in [3.63, 3.8) is 0 Å². The van der Waals surface area contributed by atoms with Crippen LogP contribution in [0.4, 0.5) is 5.69 Å². The van der Waals surface area contributed by atoms with Crippen LogP contribution >= 0.6 is 11.6 Å². The van der Waals surface area contributed by atoms with Gasteiger partial charge in [-0.3, -0.25) is 4.79 Å². The van der Waals surface area contributed by atoms with Crippen molar-refractivity contribution >= 4 is 23.2 Å². The molecule has 0 bridgehead atoms. The van der Waals surface area contributed by atoms with Gasteiger partial charge < -0.3 is 14.8 Å². The summed E-state index contributed by atoms with van der Waals surface area (Å²) < 4.78 is 10.6. The predicted octanol–water partition coefficient (Wildman–Crippen LogP) is 4.92. The highest BCUT2D eigenvalue weighted by molar-refractivity contribution is 6.31. The van der Waals surface area contributed by atoms with Crippen molar-refractivity contribution in [3.8, 4) is 5.75 Å². The van der Waals surface area contributed by atoms with Crippen molar-refractivity contribution in [1.82, 2.24) is 0 Å². The number of nitrogens with one attached hydrogen (secondary N) is 1. The van der Waals surface area contributed by atoms with Crippen molar-refractivity contribution in [3.05, 3.63) is 58.6 Å². The lowest BCUT2D eigenvalue weighted by Gasteiger charge is -2.19. The summed E-state index contributed by atoms with van der Waals surface area (Å²) in [7, 11) is 1.61. The molecular weight excluding hydrogens is 338 g/mol. The quantitative estimate of drug-likeness (QED) is 0.743. The summed E-state index contributed by atoms with van der Waals surface area (Å²) in [6.07, 6.45) is 0. The first-order valence-corrected chi connectivity index (χ1v) is 8.52. The standard InChI is InChI=1S/C20H24ClNO3/c1-20(2,3)15-7-5-14(6-8-15)19(23)22-17-13-16(21)9-10-18(17)25-12-11-24-4/h5-10,13H,11-12H2,1-4H3,(H,22,23). The van der Waals surface area contributed by atoms with E-state index in [1.165, 1.54) is 5.56 Å². The van der Waals surface area contributed by atoms with E-state index in [2.05, 4.69) is 26.1 Å². The van der Waals surface area contributed by atoms with Gasteiger partial charge in [0.1, 0.15) is 12.4 Å². The monoisotopic (exact) mass is 361 g/mol. The maximum atomic E-state index is 12.5. The Hall–Kier alpha value is -2.04. The van der Waals surface area contributed by atoms with Crippen molar-refractivity contribution in [2.24, 2.45) is 0 Å². The number of hydrogen-bond donors (Lipinski definition) is 1. The molecule has 1 amide bonds. The molecule has 0 spiro atoms. The Labute approximate surface area is 154 Å². The second-order valence-electron chi connectivity index (χ2n) is 6.76. The van der Waals surface area contributed by atoms with Crippen LogP contribution in [-0.4, -0.2) is 26.2 Å². The van der Waals surface area contributed by atoms with Crippen molar-refractivity contribution in [2.75, 3.05) is 25.6 Å². The third-order valence-corrected chi connectivity index (χ3v) is 3.98. The third kappa shape index (κ3) is 5.48. The number of benzene rings is 2.